The maximum Gasteiger partial charge on any atom is 0.343 e. The molecule has 0 radical (unpaired) electrons. The summed E-state index contributed by atoms with van der Waals surface area (Å²) in [5, 5.41) is 14.4. The minimum atomic E-state index is -1.07. The van der Waals surface area contributed by atoms with Crippen LogP contribution in [0.2, 0.25) is 0 Å². The van der Waals surface area contributed by atoms with E-state index in [2.05, 4.69) is 5.32 Å². The second-order valence-electron chi connectivity index (χ2n) is 7.01. The molecular weight excluding hydrogens is 394 g/mol. The van der Waals surface area contributed by atoms with Gasteiger partial charge in [0, 0.05) is 18.1 Å². The van der Waals surface area contributed by atoms with Gasteiger partial charge in [-0.15, -0.1) is 0 Å². The SMILES string of the molecule is Cc1oc(-n2cccc2)c(C#N)c1C(=O)O[C@@H](C)C(=O)Nc1ccc2ccccc2c1. The summed E-state index contributed by atoms with van der Waals surface area (Å²) in [6.45, 7) is 3.05. The average molecular weight is 413 g/mol. The lowest BCUT2D eigenvalue weighted by Gasteiger charge is -2.14. The lowest BCUT2D eigenvalue weighted by atomic mass is 10.1. The van der Waals surface area contributed by atoms with E-state index in [4.69, 9.17) is 9.15 Å². The maximum absolute atomic E-state index is 12.7. The Kier molecular flexibility index (Phi) is 5.29. The molecule has 31 heavy (non-hydrogen) atoms. The number of esters is 1. The van der Waals surface area contributed by atoms with Crippen LogP contribution in [0.15, 0.2) is 71.4 Å². The lowest BCUT2D eigenvalue weighted by molar-refractivity contribution is -0.123. The quantitative estimate of drug-likeness (QED) is 0.483. The second kappa shape index (κ2) is 8.20. The van der Waals surface area contributed by atoms with E-state index in [9.17, 15) is 14.9 Å². The zero-order chi connectivity index (χ0) is 22.0. The molecule has 0 unspecified atom stereocenters. The van der Waals surface area contributed by atoms with E-state index < -0.39 is 18.0 Å². The van der Waals surface area contributed by atoms with E-state index in [0.29, 0.717) is 5.69 Å². The van der Waals surface area contributed by atoms with Gasteiger partial charge in [-0.2, -0.15) is 5.26 Å². The first kappa shape index (κ1) is 20.0. The van der Waals surface area contributed by atoms with Gasteiger partial charge in [-0.1, -0.05) is 30.3 Å². The number of carbonyl (C=O) groups is 2. The standard InChI is InChI=1S/C24H19N3O4/c1-15-21(20(14-25)23(30-15)27-11-5-6-12-27)24(29)31-16(2)22(28)26-19-10-9-17-7-3-4-8-18(17)13-19/h3-13,16H,1-2H3,(H,26,28)/t16-/m0/s1. The summed E-state index contributed by atoms with van der Waals surface area (Å²) in [7, 11) is 0. The number of rotatable bonds is 5. The Balaban J connectivity index is 1.50. The summed E-state index contributed by atoms with van der Waals surface area (Å²) in [5.74, 6) is -0.802. The smallest absolute Gasteiger partial charge is 0.343 e. The highest BCUT2D eigenvalue weighted by atomic mass is 16.5. The molecule has 1 amide bonds. The number of fused-ring (bicyclic) bond motifs is 1. The molecule has 4 rings (SSSR count). The number of amides is 1. The van der Waals surface area contributed by atoms with Gasteiger partial charge in [0.1, 0.15) is 23.0 Å². The molecule has 0 aliphatic rings. The third-order valence-electron chi connectivity index (χ3n) is 4.89. The van der Waals surface area contributed by atoms with Gasteiger partial charge in [0.05, 0.1) is 0 Å². The minimum absolute atomic E-state index is 0.0107. The van der Waals surface area contributed by atoms with Crippen molar-refractivity contribution in [3.8, 4) is 12.0 Å². The van der Waals surface area contributed by atoms with Crippen LogP contribution in [0.3, 0.4) is 0 Å². The van der Waals surface area contributed by atoms with Crippen molar-refractivity contribution in [2.75, 3.05) is 5.32 Å². The molecule has 1 atom stereocenters. The molecule has 7 nitrogen and oxygen atoms in total. The summed E-state index contributed by atoms with van der Waals surface area (Å²) in [4.78, 5) is 25.3. The Hall–Kier alpha value is -4.31. The summed E-state index contributed by atoms with van der Waals surface area (Å²) >= 11 is 0. The van der Waals surface area contributed by atoms with E-state index in [1.165, 1.54) is 6.92 Å². The van der Waals surface area contributed by atoms with Gasteiger partial charge in [-0.25, -0.2) is 4.79 Å². The molecule has 0 saturated heterocycles. The summed E-state index contributed by atoms with van der Waals surface area (Å²) < 4.78 is 12.6. The fourth-order valence-electron chi connectivity index (χ4n) is 3.32. The summed E-state index contributed by atoms with van der Waals surface area (Å²) in [6, 6.07) is 18.9. The number of nitriles is 1. The molecule has 0 spiro atoms. The third kappa shape index (κ3) is 3.91. The Morgan fingerprint density at radius 2 is 1.81 bits per heavy atom. The molecule has 0 bridgehead atoms. The molecule has 1 N–H and O–H groups in total. The molecule has 0 aliphatic heterocycles. The van der Waals surface area contributed by atoms with Gasteiger partial charge in [0.25, 0.3) is 5.91 Å². The fraction of sp³-hybridized carbons (Fsp3) is 0.125. The topological polar surface area (TPSA) is 97.3 Å². The van der Waals surface area contributed by atoms with E-state index in [1.54, 1.807) is 42.1 Å². The van der Waals surface area contributed by atoms with Gasteiger partial charge in [0.15, 0.2) is 6.10 Å². The number of furan rings is 1. The van der Waals surface area contributed by atoms with Crippen LogP contribution in [0, 0.1) is 18.3 Å². The van der Waals surface area contributed by atoms with Gasteiger partial charge < -0.3 is 14.5 Å². The predicted molar refractivity (Wildman–Crippen MR) is 115 cm³/mol. The Labute approximate surface area is 178 Å². The van der Waals surface area contributed by atoms with Gasteiger partial charge in [0.2, 0.25) is 5.88 Å². The Bertz CT molecular complexity index is 1310. The number of carbonyl (C=O) groups excluding carboxylic acids is 2. The van der Waals surface area contributed by atoms with Crippen molar-refractivity contribution < 1.29 is 18.7 Å². The van der Waals surface area contributed by atoms with Crippen LogP contribution in [-0.2, 0) is 9.53 Å². The van der Waals surface area contributed by atoms with Gasteiger partial charge in [-0.05, 0) is 48.9 Å². The zero-order valence-corrected chi connectivity index (χ0v) is 17.0. The number of aryl methyl sites for hydroxylation is 1. The van der Waals surface area contributed by atoms with Crippen LogP contribution < -0.4 is 5.32 Å². The molecule has 0 fully saturated rings. The zero-order valence-electron chi connectivity index (χ0n) is 17.0. The van der Waals surface area contributed by atoms with Crippen molar-refractivity contribution in [1.29, 1.82) is 5.26 Å². The molecule has 0 aliphatic carbocycles. The first-order chi connectivity index (χ1) is 15.0. The van der Waals surface area contributed by atoms with Crippen molar-refractivity contribution in [2.45, 2.75) is 20.0 Å². The number of hydrogen-bond donors (Lipinski definition) is 1. The number of hydrogen-bond acceptors (Lipinski definition) is 5. The number of nitrogens with one attached hydrogen (secondary N) is 1. The predicted octanol–water partition coefficient (Wildman–Crippen LogP) is 4.59. The number of anilines is 1. The van der Waals surface area contributed by atoms with Crippen LogP contribution in [0.1, 0.15) is 28.6 Å². The van der Waals surface area contributed by atoms with Crippen molar-refractivity contribution in [3.05, 3.63) is 83.9 Å². The minimum Gasteiger partial charge on any atom is -0.449 e. The van der Waals surface area contributed by atoms with Crippen LogP contribution in [0.5, 0.6) is 0 Å². The number of aromatic nitrogens is 1. The van der Waals surface area contributed by atoms with E-state index in [-0.39, 0.29) is 22.8 Å². The highest BCUT2D eigenvalue weighted by Crippen LogP contribution is 2.26. The second-order valence-corrected chi connectivity index (χ2v) is 7.01. The average Bonchev–Trinajstić information content (AvgIpc) is 3.40. The molecule has 2 heterocycles. The van der Waals surface area contributed by atoms with Gasteiger partial charge in [-0.3, -0.25) is 9.36 Å². The monoisotopic (exact) mass is 413 g/mol. The first-order valence-electron chi connectivity index (χ1n) is 9.65. The summed E-state index contributed by atoms with van der Waals surface area (Å²) in [6.07, 6.45) is 2.33. The molecule has 4 aromatic rings. The Morgan fingerprint density at radius 1 is 1.10 bits per heavy atom. The molecule has 2 aromatic carbocycles. The highest BCUT2D eigenvalue weighted by molar-refractivity contribution is 6.00. The fourth-order valence-corrected chi connectivity index (χ4v) is 3.32. The van der Waals surface area contributed by atoms with Crippen molar-refractivity contribution in [2.24, 2.45) is 0 Å². The largest absolute Gasteiger partial charge is 0.449 e. The van der Waals surface area contributed by atoms with E-state index >= 15 is 0 Å². The molecule has 2 aromatic heterocycles. The van der Waals surface area contributed by atoms with Crippen molar-refractivity contribution in [3.63, 3.8) is 0 Å². The number of ether oxygens (including phenoxy) is 1. The Morgan fingerprint density at radius 3 is 2.52 bits per heavy atom. The molecule has 7 heteroatoms. The van der Waals surface area contributed by atoms with Crippen LogP contribution in [-0.4, -0.2) is 22.5 Å². The van der Waals surface area contributed by atoms with Gasteiger partial charge >= 0.3 is 5.97 Å². The lowest BCUT2D eigenvalue weighted by Crippen LogP contribution is -2.30. The number of benzene rings is 2. The van der Waals surface area contributed by atoms with Crippen molar-refractivity contribution in [1.82, 2.24) is 4.57 Å². The number of nitrogens with zero attached hydrogens (tertiary/aromatic N) is 2. The van der Waals surface area contributed by atoms with Crippen LogP contribution in [0.25, 0.3) is 16.7 Å². The van der Waals surface area contributed by atoms with Crippen LogP contribution in [0.4, 0.5) is 5.69 Å². The van der Waals surface area contributed by atoms with E-state index in [1.807, 2.05) is 42.5 Å². The maximum atomic E-state index is 12.7. The summed E-state index contributed by atoms with van der Waals surface area (Å²) in [5.41, 5.74) is 0.663. The highest BCUT2D eigenvalue weighted by Gasteiger charge is 2.28. The molecule has 154 valence electrons. The third-order valence-corrected chi connectivity index (χ3v) is 4.89. The van der Waals surface area contributed by atoms with Crippen LogP contribution >= 0.6 is 0 Å². The van der Waals surface area contributed by atoms with E-state index in [0.717, 1.165) is 10.8 Å². The molecule has 0 saturated carbocycles. The molecular formula is C24H19N3O4. The first-order valence-corrected chi connectivity index (χ1v) is 9.65. The normalized spacial score (nSPS) is 11.6. The van der Waals surface area contributed by atoms with Crippen molar-refractivity contribution >= 4 is 28.3 Å².